The minimum absolute atomic E-state index is 0. The predicted molar refractivity (Wildman–Crippen MR) is 58.1 cm³/mol. The normalized spacial score (nSPS) is 10.6. The number of hydrogen-bond donors (Lipinski definition) is 0. The van der Waals surface area contributed by atoms with E-state index in [0.717, 1.165) is 15.5 Å². The molecule has 0 fully saturated rings. The molecule has 4 heteroatoms. The SMILES string of the molecule is C[n+]1[c-]c2c(cc(F)c3ccc[c-]c32)s1.[Ir]. The van der Waals surface area contributed by atoms with Gasteiger partial charge < -0.3 is 0 Å². The average Bonchev–Trinajstić information content (AvgIpc) is 2.59. The fourth-order valence-electron chi connectivity index (χ4n) is 1.74. The van der Waals surface area contributed by atoms with E-state index < -0.39 is 0 Å². The topological polar surface area (TPSA) is 3.88 Å². The molecule has 0 amide bonds. The number of aryl methyl sites for hydroxylation is 1. The molecule has 0 atom stereocenters. The molecule has 1 aromatic heterocycles. The molecule has 0 aliphatic heterocycles. The molecule has 2 aromatic carbocycles. The molecule has 0 unspecified atom stereocenters. The van der Waals surface area contributed by atoms with E-state index in [1.807, 2.05) is 11.0 Å². The van der Waals surface area contributed by atoms with E-state index in [1.54, 1.807) is 24.3 Å². The summed E-state index contributed by atoms with van der Waals surface area (Å²) in [6.45, 7) is 0. The van der Waals surface area contributed by atoms with Gasteiger partial charge in [-0.3, -0.25) is 0 Å². The Morgan fingerprint density at radius 3 is 3.00 bits per heavy atom. The molecule has 3 aromatic rings. The fourth-order valence-corrected chi connectivity index (χ4v) is 2.57. The van der Waals surface area contributed by atoms with Crippen LogP contribution in [0.15, 0.2) is 24.3 Å². The van der Waals surface area contributed by atoms with E-state index in [2.05, 4.69) is 12.3 Å². The van der Waals surface area contributed by atoms with Gasteiger partial charge in [0.15, 0.2) is 0 Å². The second-order valence-corrected chi connectivity index (χ2v) is 4.56. The van der Waals surface area contributed by atoms with Crippen LogP contribution in [-0.4, -0.2) is 0 Å². The molecule has 3 rings (SSSR count). The zero-order chi connectivity index (χ0) is 10.4. The Bertz CT molecular complexity index is 662. The van der Waals surface area contributed by atoms with Crippen molar-refractivity contribution < 1.29 is 28.5 Å². The van der Waals surface area contributed by atoms with Crippen LogP contribution in [0.3, 0.4) is 0 Å². The number of aromatic nitrogens is 1. The van der Waals surface area contributed by atoms with Crippen LogP contribution in [0.1, 0.15) is 0 Å². The maximum atomic E-state index is 13.7. The zero-order valence-electron chi connectivity index (χ0n) is 8.38. The number of fused-ring (bicyclic) bond motifs is 3. The van der Waals surface area contributed by atoms with Gasteiger partial charge in [-0.25, -0.2) is 19.8 Å². The summed E-state index contributed by atoms with van der Waals surface area (Å²) in [6, 6.07) is 10.00. The van der Waals surface area contributed by atoms with Crippen LogP contribution in [0, 0.1) is 18.1 Å². The predicted octanol–water partition coefficient (Wildman–Crippen LogP) is 2.62. The molecule has 0 saturated carbocycles. The number of hydrogen-bond acceptors (Lipinski definition) is 1. The summed E-state index contributed by atoms with van der Waals surface area (Å²) in [5.74, 6) is -0.190. The van der Waals surface area contributed by atoms with Crippen molar-refractivity contribution in [2.75, 3.05) is 0 Å². The number of halogens is 1. The van der Waals surface area contributed by atoms with Crippen molar-refractivity contribution in [1.29, 1.82) is 0 Å². The Balaban J connectivity index is 0.000000963. The van der Waals surface area contributed by atoms with Gasteiger partial charge in [0.25, 0.3) is 0 Å². The van der Waals surface area contributed by atoms with Gasteiger partial charge in [0.05, 0.1) is 12.0 Å². The molecule has 0 aliphatic rings. The quantitative estimate of drug-likeness (QED) is 0.398. The van der Waals surface area contributed by atoms with Gasteiger partial charge in [-0.15, -0.1) is 17.5 Å². The van der Waals surface area contributed by atoms with Crippen molar-refractivity contribution in [1.82, 2.24) is 0 Å². The van der Waals surface area contributed by atoms with Crippen molar-refractivity contribution in [3.8, 4) is 0 Å². The zero-order valence-corrected chi connectivity index (χ0v) is 11.6. The van der Waals surface area contributed by atoms with Gasteiger partial charge in [0.1, 0.15) is 7.05 Å². The summed E-state index contributed by atoms with van der Waals surface area (Å²) in [6.07, 6.45) is 3.17. The van der Waals surface area contributed by atoms with E-state index in [9.17, 15) is 4.39 Å². The van der Waals surface area contributed by atoms with Gasteiger partial charge in [-0.05, 0) is 4.70 Å². The summed E-state index contributed by atoms with van der Waals surface area (Å²) >= 11 is 1.48. The summed E-state index contributed by atoms with van der Waals surface area (Å²) in [4.78, 5) is 0. The summed E-state index contributed by atoms with van der Waals surface area (Å²) in [7, 11) is 1.90. The standard InChI is InChI=1S/C12H7FNS.Ir/c1-14-7-10-8-4-2-3-5-9(8)11(13)6-12(10)15-14;/h2-3,5-6H,1H3;/q-1;. The molecule has 16 heavy (non-hydrogen) atoms. The molecule has 0 saturated heterocycles. The van der Waals surface area contributed by atoms with Crippen LogP contribution in [0.25, 0.3) is 20.9 Å². The smallest absolute Gasteiger partial charge is 0.138 e. The minimum Gasteiger partial charge on any atom is -0.238 e. The summed E-state index contributed by atoms with van der Waals surface area (Å²) in [5.41, 5.74) is 0. The van der Waals surface area contributed by atoms with Crippen molar-refractivity contribution in [2.24, 2.45) is 7.05 Å². The van der Waals surface area contributed by atoms with Crippen molar-refractivity contribution >= 4 is 32.4 Å². The molecule has 83 valence electrons. The fraction of sp³-hybridized carbons (Fsp3) is 0.0833. The van der Waals surface area contributed by atoms with E-state index in [1.165, 1.54) is 11.5 Å². The molecule has 0 bridgehead atoms. The molecule has 0 N–H and O–H groups in total. The molecule has 1 radical (unpaired) electrons. The van der Waals surface area contributed by atoms with Gasteiger partial charge in [-0.1, -0.05) is 6.07 Å². The first-order valence-electron chi connectivity index (χ1n) is 4.57. The molecule has 0 spiro atoms. The average molecular weight is 408 g/mol. The van der Waals surface area contributed by atoms with Gasteiger partial charge >= 0.3 is 0 Å². The maximum Gasteiger partial charge on any atom is 0.138 e. The van der Waals surface area contributed by atoms with E-state index >= 15 is 0 Å². The van der Waals surface area contributed by atoms with Crippen LogP contribution in [0.5, 0.6) is 0 Å². The van der Waals surface area contributed by atoms with Crippen LogP contribution in [0.2, 0.25) is 0 Å². The third-order valence-electron chi connectivity index (χ3n) is 2.37. The number of benzene rings is 2. The molecule has 1 heterocycles. The van der Waals surface area contributed by atoms with Crippen LogP contribution in [-0.2, 0) is 27.2 Å². The van der Waals surface area contributed by atoms with Crippen molar-refractivity contribution in [2.45, 2.75) is 0 Å². The third kappa shape index (κ3) is 1.67. The van der Waals surface area contributed by atoms with Gasteiger partial charge in [-0.2, -0.15) is 11.5 Å². The molecule has 1 nitrogen and oxygen atoms in total. The molecular formula is C12H7FIrNS-. The molecule has 0 aliphatic carbocycles. The minimum atomic E-state index is -0.190. The second kappa shape index (κ2) is 4.21. The first kappa shape index (κ1) is 11.6. The first-order chi connectivity index (χ1) is 7.25. The summed E-state index contributed by atoms with van der Waals surface area (Å²) in [5, 5.41) is 2.36. The number of nitrogens with zero attached hydrogens (tertiary/aromatic N) is 1. The Morgan fingerprint density at radius 2 is 2.19 bits per heavy atom. The van der Waals surface area contributed by atoms with E-state index in [0.29, 0.717) is 5.39 Å². The number of rotatable bonds is 0. The van der Waals surface area contributed by atoms with E-state index in [-0.39, 0.29) is 25.9 Å². The summed E-state index contributed by atoms with van der Waals surface area (Å²) < 4.78 is 16.4. The van der Waals surface area contributed by atoms with E-state index in [4.69, 9.17) is 0 Å². The monoisotopic (exact) mass is 409 g/mol. The Hall–Kier alpha value is -0.831. The largest absolute Gasteiger partial charge is 0.238 e. The Morgan fingerprint density at radius 1 is 1.38 bits per heavy atom. The van der Waals surface area contributed by atoms with Crippen LogP contribution >= 0.6 is 11.5 Å². The second-order valence-electron chi connectivity index (χ2n) is 3.39. The van der Waals surface area contributed by atoms with Crippen molar-refractivity contribution in [3.63, 3.8) is 0 Å². The molecular weight excluding hydrogens is 401 g/mol. The van der Waals surface area contributed by atoms with Crippen molar-refractivity contribution in [3.05, 3.63) is 42.3 Å². The van der Waals surface area contributed by atoms with Gasteiger partial charge in [0.2, 0.25) is 0 Å². The maximum absolute atomic E-state index is 13.7. The Labute approximate surface area is 110 Å². The van der Waals surface area contributed by atoms with Crippen LogP contribution in [0.4, 0.5) is 4.39 Å². The third-order valence-corrected chi connectivity index (χ3v) is 3.26. The Kier molecular flexibility index (Phi) is 3.06. The first-order valence-corrected chi connectivity index (χ1v) is 5.34. The van der Waals surface area contributed by atoms with Gasteiger partial charge in [0, 0.05) is 31.6 Å². The van der Waals surface area contributed by atoms with Crippen LogP contribution < -0.4 is 3.96 Å².